The van der Waals surface area contributed by atoms with Crippen molar-refractivity contribution < 1.29 is 23.5 Å². The minimum absolute atomic E-state index is 0.0941. The van der Waals surface area contributed by atoms with Crippen LogP contribution in [0.2, 0.25) is 0 Å². The smallest absolute Gasteiger partial charge is 0.315 e. The lowest BCUT2D eigenvalue weighted by atomic mass is 9.85. The van der Waals surface area contributed by atoms with Gasteiger partial charge in [-0.05, 0) is 68.6 Å². The van der Waals surface area contributed by atoms with Crippen LogP contribution in [0.1, 0.15) is 50.8 Å². The molecule has 0 aromatic heterocycles. The van der Waals surface area contributed by atoms with Crippen LogP contribution in [0.5, 0.6) is 11.5 Å². The maximum atomic E-state index is 13.6. The largest absolute Gasteiger partial charge is 0.493 e. The lowest BCUT2D eigenvalue weighted by molar-refractivity contribution is -0.131. The average molecular weight is 486 g/mol. The lowest BCUT2D eigenvalue weighted by Gasteiger charge is -2.35. The Morgan fingerprint density at radius 3 is 2.43 bits per heavy atom. The summed E-state index contributed by atoms with van der Waals surface area (Å²) in [6.45, 7) is 8.15. The Labute approximate surface area is 207 Å². The highest BCUT2D eigenvalue weighted by Crippen LogP contribution is 2.31. The van der Waals surface area contributed by atoms with E-state index in [-0.39, 0.29) is 24.4 Å². The first-order valence-electron chi connectivity index (χ1n) is 12.1. The predicted octanol–water partition coefficient (Wildman–Crippen LogP) is 4.67. The monoisotopic (exact) mass is 485 g/mol. The highest BCUT2D eigenvalue weighted by atomic mass is 19.1. The van der Waals surface area contributed by atoms with Crippen LogP contribution in [0.15, 0.2) is 42.5 Å². The summed E-state index contributed by atoms with van der Waals surface area (Å²) in [5, 5.41) is 5.96. The molecule has 0 aliphatic carbocycles. The molecule has 1 fully saturated rings. The number of benzene rings is 2. The number of urea groups is 1. The Kier molecular flexibility index (Phi) is 9.48. The second-order valence-electron chi connectivity index (χ2n) is 9.56. The number of nitrogens with one attached hydrogen (secondary N) is 2. The Morgan fingerprint density at radius 2 is 1.80 bits per heavy atom. The standard InChI is InChI=1S/C27H36FN3O4/c1-18(2)17-34-24-9-6-20(7-10-24)26(21-11-13-31(4)14-12-21)30-27(33)29-16-22-5-8-23(28)15-25(22)35-19(3)32/h5-10,15,18,21,26H,11-14,16-17H2,1-4H3,(H2,29,30,33). The van der Waals surface area contributed by atoms with Gasteiger partial charge >= 0.3 is 12.0 Å². The van der Waals surface area contributed by atoms with Crippen LogP contribution in [-0.4, -0.2) is 43.6 Å². The fraction of sp³-hybridized carbons (Fsp3) is 0.481. The van der Waals surface area contributed by atoms with E-state index in [0.29, 0.717) is 24.0 Å². The molecule has 1 saturated heterocycles. The van der Waals surface area contributed by atoms with Crippen LogP contribution >= 0.6 is 0 Å². The summed E-state index contributed by atoms with van der Waals surface area (Å²) in [5.41, 5.74) is 1.54. The number of hydrogen-bond acceptors (Lipinski definition) is 5. The lowest BCUT2D eigenvalue weighted by Crippen LogP contribution is -2.43. The summed E-state index contributed by atoms with van der Waals surface area (Å²) in [7, 11) is 2.11. The van der Waals surface area contributed by atoms with Crippen molar-refractivity contribution in [2.75, 3.05) is 26.7 Å². The molecule has 0 bridgehead atoms. The Morgan fingerprint density at radius 1 is 1.11 bits per heavy atom. The van der Waals surface area contributed by atoms with Gasteiger partial charge in [0.2, 0.25) is 0 Å². The average Bonchev–Trinajstić information content (AvgIpc) is 2.81. The number of likely N-dealkylation sites (tertiary alicyclic amines) is 1. The molecule has 1 heterocycles. The number of hydrogen-bond donors (Lipinski definition) is 2. The molecule has 0 saturated carbocycles. The van der Waals surface area contributed by atoms with Crippen LogP contribution in [0.3, 0.4) is 0 Å². The van der Waals surface area contributed by atoms with Crippen molar-refractivity contribution in [3.05, 3.63) is 59.4 Å². The van der Waals surface area contributed by atoms with E-state index >= 15 is 0 Å². The topological polar surface area (TPSA) is 79.9 Å². The molecule has 190 valence electrons. The minimum Gasteiger partial charge on any atom is -0.493 e. The Bertz CT molecular complexity index is 988. The van der Waals surface area contributed by atoms with E-state index in [0.717, 1.165) is 43.3 Å². The molecule has 35 heavy (non-hydrogen) atoms. The zero-order valence-corrected chi connectivity index (χ0v) is 21.0. The molecule has 2 aromatic rings. The van der Waals surface area contributed by atoms with Gasteiger partial charge in [-0.25, -0.2) is 9.18 Å². The molecule has 2 amide bonds. The third-order valence-electron chi connectivity index (χ3n) is 6.07. The first-order chi connectivity index (χ1) is 16.7. The Balaban J connectivity index is 1.69. The number of nitrogens with zero attached hydrogens (tertiary/aromatic N) is 1. The van der Waals surface area contributed by atoms with Gasteiger partial charge in [0, 0.05) is 25.1 Å². The zero-order valence-electron chi connectivity index (χ0n) is 21.0. The normalized spacial score (nSPS) is 15.5. The highest BCUT2D eigenvalue weighted by Gasteiger charge is 2.28. The molecule has 8 heteroatoms. The number of ether oxygens (including phenoxy) is 2. The van der Waals surface area contributed by atoms with Crippen LogP contribution in [0.4, 0.5) is 9.18 Å². The molecule has 1 aliphatic rings. The van der Waals surface area contributed by atoms with E-state index < -0.39 is 11.8 Å². The summed E-state index contributed by atoms with van der Waals surface area (Å²) >= 11 is 0. The van der Waals surface area contributed by atoms with Crippen molar-refractivity contribution in [2.24, 2.45) is 11.8 Å². The first-order valence-corrected chi connectivity index (χ1v) is 12.1. The molecule has 0 spiro atoms. The summed E-state index contributed by atoms with van der Waals surface area (Å²) < 4.78 is 24.5. The van der Waals surface area contributed by atoms with Gasteiger partial charge in [-0.1, -0.05) is 32.0 Å². The summed E-state index contributed by atoms with van der Waals surface area (Å²) in [6, 6.07) is 11.3. The fourth-order valence-corrected chi connectivity index (χ4v) is 4.16. The highest BCUT2D eigenvalue weighted by molar-refractivity contribution is 5.75. The number of esters is 1. The van der Waals surface area contributed by atoms with E-state index in [1.165, 1.54) is 19.1 Å². The third-order valence-corrected chi connectivity index (χ3v) is 6.07. The summed E-state index contributed by atoms with van der Waals surface area (Å²) in [6.07, 6.45) is 1.95. The predicted molar refractivity (Wildman–Crippen MR) is 133 cm³/mol. The van der Waals surface area contributed by atoms with Crippen molar-refractivity contribution in [1.82, 2.24) is 15.5 Å². The maximum absolute atomic E-state index is 13.6. The molecule has 1 aliphatic heterocycles. The Hall–Kier alpha value is -3.13. The van der Waals surface area contributed by atoms with Gasteiger partial charge in [-0.3, -0.25) is 4.79 Å². The van der Waals surface area contributed by atoms with Crippen molar-refractivity contribution in [3.8, 4) is 11.5 Å². The zero-order chi connectivity index (χ0) is 25.4. The van der Waals surface area contributed by atoms with Crippen molar-refractivity contribution in [2.45, 2.75) is 46.2 Å². The molecule has 0 radical (unpaired) electrons. The second kappa shape index (κ2) is 12.5. The molecule has 7 nitrogen and oxygen atoms in total. The maximum Gasteiger partial charge on any atom is 0.315 e. The number of piperidine rings is 1. The molecule has 3 rings (SSSR count). The van der Waals surface area contributed by atoms with Crippen molar-refractivity contribution >= 4 is 12.0 Å². The van der Waals surface area contributed by atoms with Gasteiger partial charge in [-0.15, -0.1) is 0 Å². The van der Waals surface area contributed by atoms with Gasteiger partial charge in [0.1, 0.15) is 17.3 Å². The van der Waals surface area contributed by atoms with E-state index in [1.807, 2.05) is 24.3 Å². The molecule has 2 aromatic carbocycles. The van der Waals surface area contributed by atoms with E-state index in [4.69, 9.17) is 9.47 Å². The fourth-order valence-electron chi connectivity index (χ4n) is 4.16. The van der Waals surface area contributed by atoms with Gasteiger partial charge in [0.15, 0.2) is 0 Å². The quantitative estimate of drug-likeness (QED) is 0.399. The van der Waals surface area contributed by atoms with Crippen LogP contribution in [0.25, 0.3) is 0 Å². The molecule has 1 unspecified atom stereocenters. The van der Waals surface area contributed by atoms with Crippen LogP contribution < -0.4 is 20.1 Å². The first kappa shape index (κ1) is 26.5. The van der Waals surface area contributed by atoms with Crippen LogP contribution in [0, 0.1) is 17.7 Å². The second-order valence-corrected chi connectivity index (χ2v) is 9.56. The van der Waals surface area contributed by atoms with E-state index in [1.54, 1.807) is 0 Å². The number of carbonyl (C=O) groups is 2. The van der Waals surface area contributed by atoms with Gasteiger partial charge in [0.05, 0.1) is 12.6 Å². The summed E-state index contributed by atoms with van der Waals surface area (Å²) in [5.74, 6) is 0.573. The van der Waals surface area contributed by atoms with Gasteiger partial charge in [0.25, 0.3) is 0 Å². The van der Waals surface area contributed by atoms with E-state index in [2.05, 4.69) is 36.4 Å². The number of carbonyl (C=O) groups excluding carboxylic acids is 2. The number of halogens is 1. The summed E-state index contributed by atoms with van der Waals surface area (Å²) in [4.78, 5) is 26.6. The molecular formula is C27H36FN3O4. The SMILES string of the molecule is CC(=O)Oc1cc(F)ccc1CNC(=O)NC(c1ccc(OCC(C)C)cc1)C1CCN(C)CC1. The molecular weight excluding hydrogens is 449 g/mol. The molecule has 1 atom stereocenters. The van der Waals surface area contributed by atoms with Gasteiger partial charge in [-0.2, -0.15) is 0 Å². The van der Waals surface area contributed by atoms with Crippen molar-refractivity contribution in [1.29, 1.82) is 0 Å². The van der Waals surface area contributed by atoms with Crippen LogP contribution in [-0.2, 0) is 11.3 Å². The van der Waals surface area contributed by atoms with Crippen molar-refractivity contribution in [3.63, 3.8) is 0 Å². The molecule has 2 N–H and O–H groups in total. The van der Waals surface area contributed by atoms with E-state index in [9.17, 15) is 14.0 Å². The van der Waals surface area contributed by atoms with Gasteiger partial charge < -0.3 is 25.0 Å². The minimum atomic E-state index is -0.551. The number of rotatable bonds is 9. The number of amides is 2. The third kappa shape index (κ3) is 8.24.